The summed E-state index contributed by atoms with van der Waals surface area (Å²) in [4.78, 5) is 14.2. The molecule has 3 heterocycles. The van der Waals surface area contributed by atoms with E-state index in [1.165, 1.54) is 25.7 Å². The molecule has 0 radical (unpaired) electrons. The molecule has 0 atom stereocenters. The molecular weight excluding hydrogens is 612 g/mol. The lowest BCUT2D eigenvalue weighted by atomic mass is 10.1. The predicted octanol–water partition coefficient (Wildman–Crippen LogP) is 6.09. The average Bonchev–Trinajstić information content (AvgIpc) is 3.76. The third-order valence-corrected chi connectivity index (χ3v) is 7.95. The first kappa shape index (κ1) is 30.5. The molecule has 2 aliphatic heterocycles. The lowest BCUT2D eigenvalue weighted by Gasteiger charge is -2.21. The fourth-order valence-electron chi connectivity index (χ4n) is 5.19. The Kier molecular flexibility index (Phi) is 10.6. The second-order valence-electron chi connectivity index (χ2n) is 10.4. The van der Waals surface area contributed by atoms with E-state index in [9.17, 15) is 0 Å². The van der Waals surface area contributed by atoms with Crippen LogP contribution in [0.1, 0.15) is 36.8 Å². The van der Waals surface area contributed by atoms with Crippen LogP contribution < -0.4 is 34.2 Å². The van der Waals surface area contributed by atoms with Gasteiger partial charge < -0.3 is 28.7 Å². The van der Waals surface area contributed by atoms with Crippen LogP contribution in [0.25, 0.3) is 0 Å². The van der Waals surface area contributed by atoms with Gasteiger partial charge in [0.25, 0.3) is 0 Å². The van der Waals surface area contributed by atoms with E-state index < -0.39 is 0 Å². The number of nitrogens with one attached hydrogen (secondary N) is 1. The number of allylic oxidation sites excluding steroid dienone is 1. The minimum Gasteiger partial charge on any atom is -0.493 e. The van der Waals surface area contributed by atoms with Crippen LogP contribution in [0.4, 0.5) is 17.6 Å². The van der Waals surface area contributed by atoms with Crippen LogP contribution >= 0.6 is 15.9 Å². The lowest BCUT2D eigenvalue weighted by Crippen LogP contribution is -2.24. The Balaban J connectivity index is 1.21. The van der Waals surface area contributed by atoms with Gasteiger partial charge in [-0.2, -0.15) is 15.1 Å². The zero-order valence-electron chi connectivity index (χ0n) is 24.9. The summed E-state index contributed by atoms with van der Waals surface area (Å²) in [6.45, 7) is 8.44. The highest BCUT2D eigenvalue weighted by Gasteiger charge is 2.20. The predicted molar refractivity (Wildman–Crippen MR) is 175 cm³/mol. The number of aromatic nitrogens is 2. The number of hydrogen-bond acceptors (Lipinski definition) is 10. The second-order valence-corrected chi connectivity index (χ2v) is 11.2. The summed E-state index contributed by atoms with van der Waals surface area (Å²) in [5, 5.41) is 4.48. The maximum Gasteiger partial charge on any atom is 0.229 e. The SMILES string of the molecule is C=CCc1ccc(OCCOc2c(Br)cc(C=NNc3cc(N4CCCC4)nc(N4CCCC4)n3)cc2OC)c(OC)c1. The van der Waals surface area contributed by atoms with Crippen LogP contribution in [0.3, 0.4) is 0 Å². The first-order chi connectivity index (χ1) is 21.1. The number of nitrogens with zero attached hydrogens (tertiary/aromatic N) is 5. The summed E-state index contributed by atoms with van der Waals surface area (Å²) in [6.07, 6.45) is 9.07. The highest BCUT2D eigenvalue weighted by Crippen LogP contribution is 2.36. The van der Waals surface area contributed by atoms with Crippen molar-refractivity contribution < 1.29 is 18.9 Å². The smallest absolute Gasteiger partial charge is 0.229 e. The number of ether oxygens (including phenoxy) is 4. The molecule has 3 aromatic rings. The second kappa shape index (κ2) is 15.0. The van der Waals surface area contributed by atoms with E-state index in [0.29, 0.717) is 42.0 Å². The average molecular weight is 652 g/mol. The Morgan fingerprint density at radius 1 is 0.884 bits per heavy atom. The van der Waals surface area contributed by atoms with Gasteiger partial charge in [-0.1, -0.05) is 12.1 Å². The first-order valence-electron chi connectivity index (χ1n) is 14.7. The Labute approximate surface area is 261 Å². The molecule has 2 saturated heterocycles. The van der Waals surface area contributed by atoms with Crippen molar-refractivity contribution in [1.82, 2.24) is 9.97 Å². The van der Waals surface area contributed by atoms with Crippen LogP contribution in [0.15, 0.2) is 58.6 Å². The molecule has 0 unspecified atom stereocenters. The molecule has 0 amide bonds. The van der Waals surface area contributed by atoms with Crippen LogP contribution in [0.2, 0.25) is 0 Å². The maximum absolute atomic E-state index is 6.03. The van der Waals surface area contributed by atoms with Crippen LogP contribution in [-0.4, -0.2) is 69.8 Å². The highest BCUT2D eigenvalue weighted by atomic mass is 79.9. The van der Waals surface area contributed by atoms with Gasteiger partial charge in [0.05, 0.1) is 24.9 Å². The van der Waals surface area contributed by atoms with Gasteiger partial charge in [0, 0.05) is 32.2 Å². The van der Waals surface area contributed by atoms with Crippen LogP contribution in [0.5, 0.6) is 23.0 Å². The molecule has 0 bridgehead atoms. The molecule has 228 valence electrons. The van der Waals surface area contributed by atoms with Crippen molar-refractivity contribution in [3.63, 3.8) is 0 Å². The van der Waals surface area contributed by atoms with Crippen LogP contribution in [-0.2, 0) is 6.42 Å². The number of anilines is 3. The van der Waals surface area contributed by atoms with Crippen molar-refractivity contribution in [3.05, 3.63) is 64.7 Å². The molecule has 1 N–H and O–H groups in total. The largest absolute Gasteiger partial charge is 0.493 e. The van der Waals surface area contributed by atoms with Gasteiger partial charge in [0.2, 0.25) is 5.95 Å². The lowest BCUT2D eigenvalue weighted by molar-refractivity contribution is 0.205. The summed E-state index contributed by atoms with van der Waals surface area (Å²) in [6, 6.07) is 11.6. The van der Waals surface area contributed by atoms with Crippen molar-refractivity contribution in [2.45, 2.75) is 32.1 Å². The number of halogens is 1. The molecule has 11 heteroatoms. The number of hydrazone groups is 1. The van der Waals surface area contributed by atoms with Gasteiger partial charge >= 0.3 is 0 Å². The molecule has 0 saturated carbocycles. The molecule has 0 spiro atoms. The summed E-state index contributed by atoms with van der Waals surface area (Å²) in [5.41, 5.74) is 5.06. The van der Waals surface area contributed by atoms with Gasteiger partial charge in [0.15, 0.2) is 28.8 Å². The third kappa shape index (κ3) is 7.90. The van der Waals surface area contributed by atoms with Crippen molar-refractivity contribution in [2.24, 2.45) is 5.10 Å². The van der Waals surface area contributed by atoms with Crippen molar-refractivity contribution in [3.8, 4) is 23.0 Å². The molecule has 5 rings (SSSR count). The van der Waals surface area contributed by atoms with E-state index in [2.05, 4.69) is 42.8 Å². The van der Waals surface area contributed by atoms with Gasteiger partial charge in [0.1, 0.15) is 19.0 Å². The fraction of sp³-hybridized carbons (Fsp3) is 0.406. The first-order valence-corrected chi connectivity index (χ1v) is 15.5. The quantitative estimate of drug-likeness (QED) is 0.0963. The summed E-state index contributed by atoms with van der Waals surface area (Å²) in [5.74, 6) is 4.89. The van der Waals surface area contributed by atoms with E-state index in [1.807, 2.05) is 42.5 Å². The van der Waals surface area contributed by atoms with Gasteiger partial charge in [-0.3, -0.25) is 5.43 Å². The van der Waals surface area contributed by atoms with E-state index in [1.54, 1.807) is 20.4 Å². The molecule has 10 nitrogen and oxygen atoms in total. The summed E-state index contributed by atoms with van der Waals surface area (Å²) in [7, 11) is 3.24. The third-order valence-electron chi connectivity index (χ3n) is 7.36. The molecule has 2 aromatic carbocycles. The van der Waals surface area contributed by atoms with Crippen LogP contribution in [0, 0.1) is 0 Å². The van der Waals surface area contributed by atoms with Gasteiger partial charge in [-0.15, -0.1) is 6.58 Å². The highest BCUT2D eigenvalue weighted by molar-refractivity contribution is 9.10. The zero-order chi connectivity index (χ0) is 30.0. The zero-order valence-corrected chi connectivity index (χ0v) is 26.4. The van der Waals surface area contributed by atoms with E-state index in [0.717, 1.165) is 60.0 Å². The summed E-state index contributed by atoms with van der Waals surface area (Å²) < 4.78 is 23.8. The minimum atomic E-state index is 0.313. The Hall–Kier alpha value is -3.99. The van der Waals surface area contributed by atoms with E-state index in [4.69, 9.17) is 28.9 Å². The van der Waals surface area contributed by atoms with E-state index >= 15 is 0 Å². The molecule has 1 aromatic heterocycles. The van der Waals surface area contributed by atoms with Crippen molar-refractivity contribution in [2.75, 3.05) is 68.8 Å². The molecule has 2 aliphatic rings. The number of benzene rings is 2. The number of hydrogen-bond donors (Lipinski definition) is 1. The van der Waals surface area contributed by atoms with E-state index in [-0.39, 0.29) is 0 Å². The fourth-order valence-corrected chi connectivity index (χ4v) is 5.77. The Bertz CT molecular complexity index is 1390. The molecular formula is C32H39BrN6O4. The molecule has 2 fully saturated rings. The normalized spacial score (nSPS) is 14.8. The molecule has 43 heavy (non-hydrogen) atoms. The van der Waals surface area contributed by atoms with Crippen molar-refractivity contribution in [1.29, 1.82) is 0 Å². The summed E-state index contributed by atoms with van der Waals surface area (Å²) >= 11 is 3.62. The monoisotopic (exact) mass is 650 g/mol. The maximum atomic E-state index is 6.03. The standard InChI is InChI=1S/C32H39BrN6O4/c1-4-9-23-10-11-26(27(19-23)40-2)42-16-17-43-31-25(33)18-24(20-28(31)41-3)22-34-37-29-21-30(38-12-5-6-13-38)36-32(35-29)39-14-7-8-15-39/h4,10-11,18-22H,1,5-9,12-17H2,2-3H3,(H,35,36,37). The Morgan fingerprint density at radius 2 is 1.60 bits per heavy atom. The number of methoxy groups -OCH3 is 2. The number of rotatable bonds is 14. The van der Waals surface area contributed by atoms with Gasteiger partial charge in [-0.05, 0) is 83.4 Å². The minimum absolute atomic E-state index is 0.313. The Morgan fingerprint density at radius 3 is 2.33 bits per heavy atom. The molecule has 0 aliphatic carbocycles. The topological polar surface area (TPSA) is 93.6 Å². The van der Waals surface area contributed by atoms with Gasteiger partial charge in [-0.25, -0.2) is 0 Å². The van der Waals surface area contributed by atoms with Crippen molar-refractivity contribution >= 4 is 39.7 Å².